The minimum absolute atomic E-state index is 0.140. The zero-order valence-corrected chi connectivity index (χ0v) is 32.6. The Balaban J connectivity index is 3.57. The molecule has 0 aromatic carbocycles. The largest absolute Gasteiger partial charge is 0.394 e. The van der Waals surface area contributed by atoms with E-state index in [0.29, 0.717) is 12.8 Å². The van der Waals surface area contributed by atoms with E-state index in [9.17, 15) is 20.1 Å². The van der Waals surface area contributed by atoms with Crippen molar-refractivity contribution in [3.05, 3.63) is 0 Å². The van der Waals surface area contributed by atoms with Crippen LogP contribution in [0.5, 0.6) is 0 Å². The first-order valence-electron chi connectivity index (χ1n) is 21.8. The van der Waals surface area contributed by atoms with Gasteiger partial charge in [-0.05, 0) is 12.8 Å². The van der Waals surface area contributed by atoms with E-state index in [1.807, 2.05) is 0 Å². The molecule has 3 atom stereocenters. The topological polar surface area (TPSA) is 89.8 Å². The number of rotatable bonds is 40. The van der Waals surface area contributed by atoms with E-state index in [-0.39, 0.29) is 12.5 Å². The smallest absolute Gasteiger partial charge is 0.220 e. The predicted molar refractivity (Wildman–Crippen MR) is 209 cm³/mol. The van der Waals surface area contributed by atoms with E-state index in [4.69, 9.17) is 0 Å². The first kappa shape index (κ1) is 47.4. The van der Waals surface area contributed by atoms with Crippen molar-refractivity contribution < 1.29 is 20.1 Å². The van der Waals surface area contributed by atoms with Gasteiger partial charge in [0.25, 0.3) is 0 Å². The van der Waals surface area contributed by atoms with Crippen molar-refractivity contribution in [3.8, 4) is 0 Å². The molecule has 0 rings (SSSR count). The third kappa shape index (κ3) is 33.8. The summed E-state index contributed by atoms with van der Waals surface area (Å²) in [5.74, 6) is -0.140. The average molecular weight is 682 g/mol. The highest BCUT2D eigenvalue weighted by Crippen LogP contribution is 2.17. The normalized spacial score (nSPS) is 13.5. The molecule has 0 radical (unpaired) electrons. The summed E-state index contributed by atoms with van der Waals surface area (Å²) in [6.07, 6.45) is 43.5. The van der Waals surface area contributed by atoms with Crippen LogP contribution in [0.2, 0.25) is 0 Å². The lowest BCUT2D eigenvalue weighted by molar-refractivity contribution is -0.124. The van der Waals surface area contributed by atoms with Crippen molar-refractivity contribution in [1.82, 2.24) is 5.32 Å². The highest BCUT2D eigenvalue weighted by atomic mass is 16.3. The molecule has 0 saturated carbocycles. The fraction of sp³-hybridized carbons (Fsp3) is 0.977. The second-order valence-corrected chi connectivity index (χ2v) is 15.3. The van der Waals surface area contributed by atoms with Crippen LogP contribution in [-0.2, 0) is 4.79 Å². The minimum Gasteiger partial charge on any atom is -0.394 e. The Hall–Kier alpha value is -0.650. The molecule has 288 valence electrons. The van der Waals surface area contributed by atoms with E-state index in [1.54, 1.807) is 0 Å². The summed E-state index contributed by atoms with van der Waals surface area (Å²) in [7, 11) is 0. The zero-order chi connectivity index (χ0) is 35.2. The first-order valence-corrected chi connectivity index (χ1v) is 21.8. The van der Waals surface area contributed by atoms with Gasteiger partial charge >= 0.3 is 0 Å². The van der Waals surface area contributed by atoms with E-state index < -0.39 is 18.2 Å². The molecular weight excluding hydrogens is 594 g/mol. The van der Waals surface area contributed by atoms with Crippen LogP contribution in [0.25, 0.3) is 0 Å². The monoisotopic (exact) mass is 682 g/mol. The fourth-order valence-electron chi connectivity index (χ4n) is 7.05. The zero-order valence-electron chi connectivity index (χ0n) is 32.6. The van der Waals surface area contributed by atoms with Gasteiger partial charge in [0.05, 0.1) is 18.8 Å². The van der Waals surface area contributed by atoms with Crippen LogP contribution in [0.3, 0.4) is 0 Å². The summed E-state index contributed by atoms with van der Waals surface area (Å²) in [6, 6.07) is -0.802. The molecule has 0 spiro atoms. The van der Waals surface area contributed by atoms with Gasteiger partial charge in [0, 0.05) is 6.42 Å². The van der Waals surface area contributed by atoms with Crippen LogP contribution in [0.4, 0.5) is 0 Å². The van der Waals surface area contributed by atoms with E-state index in [0.717, 1.165) is 32.1 Å². The Morgan fingerprint density at radius 2 is 0.708 bits per heavy atom. The highest BCUT2D eigenvalue weighted by molar-refractivity contribution is 5.76. The summed E-state index contributed by atoms with van der Waals surface area (Å²) >= 11 is 0. The van der Waals surface area contributed by atoms with Gasteiger partial charge in [0.1, 0.15) is 6.10 Å². The quantitative estimate of drug-likeness (QED) is 0.0485. The molecule has 0 aliphatic carbocycles. The summed E-state index contributed by atoms with van der Waals surface area (Å²) in [4.78, 5) is 12.4. The lowest BCUT2D eigenvalue weighted by atomic mass is 9.99. The van der Waals surface area contributed by atoms with Crippen molar-refractivity contribution in [2.75, 3.05) is 6.61 Å². The van der Waals surface area contributed by atoms with Crippen molar-refractivity contribution >= 4 is 5.91 Å². The first-order chi connectivity index (χ1) is 23.6. The number of nitrogens with one attached hydrogen (secondary N) is 1. The number of carbonyl (C=O) groups is 1. The van der Waals surface area contributed by atoms with Crippen LogP contribution < -0.4 is 5.32 Å². The van der Waals surface area contributed by atoms with Crippen LogP contribution in [0, 0.1) is 0 Å². The van der Waals surface area contributed by atoms with E-state index in [1.165, 1.54) is 186 Å². The summed E-state index contributed by atoms with van der Waals surface area (Å²) in [6.45, 7) is 4.19. The van der Waals surface area contributed by atoms with Crippen molar-refractivity contribution in [1.29, 1.82) is 0 Å². The van der Waals surface area contributed by atoms with E-state index in [2.05, 4.69) is 19.2 Å². The molecule has 0 heterocycles. The highest BCUT2D eigenvalue weighted by Gasteiger charge is 2.26. The van der Waals surface area contributed by atoms with Gasteiger partial charge in [0.2, 0.25) is 5.91 Å². The molecule has 0 aromatic rings. The molecule has 48 heavy (non-hydrogen) atoms. The third-order valence-electron chi connectivity index (χ3n) is 10.5. The van der Waals surface area contributed by atoms with E-state index >= 15 is 0 Å². The van der Waals surface area contributed by atoms with Crippen LogP contribution in [-0.4, -0.2) is 46.1 Å². The molecule has 0 aromatic heterocycles. The Bertz CT molecular complexity index is 630. The molecule has 4 N–H and O–H groups in total. The molecule has 0 aliphatic heterocycles. The van der Waals surface area contributed by atoms with Crippen molar-refractivity contribution in [2.45, 2.75) is 263 Å². The lowest BCUT2D eigenvalue weighted by Crippen LogP contribution is -2.50. The maximum Gasteiger partial charge on any atom is 0.220 e. The Morgan fingerprint density at radius 3 is 1.00 bits per heavy atom. The number of hydrogen-bond donors (Lipinski definition) is 4. The number of unbranched alkanes of at least 4 members (excludes halogenated alkanes) is 32. The maximum absolute atomic E-state index is 12.4. The Morgan fingerprint density at radius 1 is 0.438 bits per heavy atom. The molecule has 0 saturated heterocycles. The van der Waals surface area contributed by atoms with Gasteiger partial charge in [-0.1, -0.05) is 226 Å². The van der Waals surface area contributed by atoms with Crippen molar-refractivity contribution in [2.24, 2.45) is 0 Å². The number of aliphatic hydroxyl groups is 3. The lowest BCUT2D eigenvalue weighted by Gasteiger charge is -2.26. The average Bonchev–Trinajstić information content (AvgIpc) is 3.09. The van der Waals surface area contributed by atoms with Gasteiger partial charge in [-0.25, -0.2) is 0 Å². The molecule has 0 bridgehead atoms. The second-order valence-electron chi connectivity index (χ2n) is 15.3. The molecule has 5 heteroatoms. The molecule has 0 aliphatic rings. The van der Waals surface area contributed by atoms with Crippen LogP contribution in [0.1, 0.15) is 245 Å². The van der Waals surface area contributed by atoms with Crippen LogP contribution >= 0.6 is 0 Å². The standard InChI is InChI=1S/C43H87NO4/c1-3-5-7-9-11-13-15-17-19-20-21-22-23-24-26-28-30-32-34-36-38-42(47)44-40(39-45)43(48)41(46)37-35-33-31-29-27-25-18-16-14-12-10-8-6-4-2/h40-41,43,45-46,48H,3-39H2,1-2H3,(H,44,47). The van der Waals surface area contributed by atoms with Gasteiger partial charge in [-0.15, -0.1) is 0 Å². The maximum atomic E-state index is 12.4. The van der Waals surface area contributed by atoms with Crippen molar-refractivity contribution in [3.63, 3.8) is 0 Å². The fourth-order valence-corrected chi connectivity index (χ4v) is 7.05. The summed E-state index contributed by atoms with van der Waals surface area (Å²) in [5, 5.41) is 33.5. The molecule has 3 unspecified atom stereocenters. The number of amides is 1. The molecule has 1 amide bonds. The summed E-state index contributed by atoms with van der Waals surface area (Å²) in [5.41, 5.74) is 0. The van der Waals surface area contributed by atoms with Gasteiger partial charge in [0.15, 0.2) is 0 Å². The van der Waals surface area contributed by atoms with Gasteiger partial charge < -0.3 is 20.6 Å². The Labute approximate surface area is 300 Å². The van der Waals surface area contributed by atoms with Gasteiger partial charge in [-0.2, -0.15) is 0 Å². The number of aliphatic hydroxyl groups excluding tert-OH is 3. The summed E-state index contributed by atoms with van der Waals surface area (Å²) < 4.78 is 0. The molecular formula is C43H87NO4. The third-order valence-corrected chi connectivity index (χ3v) is 10.5. The molecule has 5 nitrogen and oxygen atoms in total. The molecule has 0 fully saturated rings. The van der Waals surface area contributed by atoms with Crippen LogP contribution in [0.15, 0.2) is 0 Å². The Kier molecular flexibility index (Phi) is 38.6. The SMILES string of the molecule is CCCCCCCCCCCCCCCCCCCCCCC(=O)NC(CO)C(O)C(O)CCCCCCCCCCCCCCCC. The predicted octanol–water partition coefficient (Wildman–Crippen LogP) is 12.3. The second kappa shape index (κ2) is 39.1. The minimum atomic E-state index is -1.13. The number of hydrogen-bond acceptors (Lipinski definition) is 4. The number of carbonyl (C=O) groups excluding carboxylic acids is 1. The van der Waals surface area contributed by atoms with Gasteiger partial charge in [-0.3, -0.25) is 4.79 Å².